The van der Waals surface area contributed by atoms with Crippen LogP contribution in [-0.4, -0.2) is 12.5 Å². The molecule has 0 unspecified atom stereocenters. The van der Waals surface area contributed by atoms with E-state index in [0.717, 1.165) is 22.8 Å². The first-order chi connectivity index (χ1) is 9.15. The zero-order valence-corrected chi connectivity index (χ0v) is 11.2. The summed E-state index contributed by atoms with van der Waals surface area (Å²) in [5.74, 6) is 1.65. The highest BCUT2D eigenvalue weighted by Crippen LogP contribution is 2.12. The summed E-state index contributed by atoms with van der Waals surface area (Å²) in [5, 5.41) is 5.92. The van der Waals surface area contributed by atoms with Crippen LogP contribution in [0.25, 0.3) is 0 Å². The molecule has 100 valence electrons. The van der Waals surface area contributed by atoms with E-state index in [1.165, 1.54) is 0 Å². The van der Waals surface area contributed by atoms with Gasteiger partial charge in [-0.3, -0.25) is 4.79 Å². The Bertz CT molecular complexity index is 561. The molecule has 2 N–H and O–H groups in total. The Balaban J connectivity index is 1.77. The summed E-state index contributed by atoms with van der Waals surface area (Å²) in [4.78, 5) is 11.8. The number of aryl methyl sites for hydroxylation is 2. The number of furan rings is 1. The lowest BCUT2D eigenvalue weighted by Gasteiger charge is -2.08. The fourth-order valence-corrected chi connectivity index (χ4v) is 1.79. The van der Waals surface area contributed by atoms with Crippen LogP contribution in [-0.2, 0) is 11.3 Å². The second-order valence-corrected chi connectivity index (χ2v) is 4.48. The van der Waals surface area contributed by atoms with Crippen LogP contribution in [0.2, 0.25) is 0 Å². The summed E-state index contributed by atoms with van der Waals surface area (Å²) < 4.78 is 5.41. The van der Waals surface area contributed by atoms with Crippen LogP contribution in [0.1, 0.15) is 17.1 Å². The largest absolute Gasteiger partial charge is 0.465 e. The smallest absolute Gasteiger partial charge is 0.238 e. The van der Waals surface area contributed by atoms with Crippen LogP contribution in [0.5, 0.6) is 0 Å². The Labute approximate surface area is 112 Å². The first-order valence-corrected chi connectivity index (χ1v) is 6.26. The third-order valence-electron chi connectivity index (χ3n) is 2.80. The van der Waals surface area contributed by atoms with Crippen molar-refractivity contribution in [2.75, 3.05) is 11.9 Å². The first-order valence-electron chi connectivity index (χ1n) is 6.26. The highest BCUT2D eigenvalue weighted by atomic mass is 16.3. The number of amides is 1. The molecule has 0 saturated heterocycles. The van der Waals surface area contributed by atoms with Crippen molar-refractivity contribution in [2.24, 2.45) is 0 Å². The molecule has 0 spiro atoms. The summed E-state index contributed by atoms with van der Waals surface area (Å²) in [6.45, 7) is 4.67. The molecule has 0 aliphatic heterocycles. The number of anilines is 1. The van der Waals surface area contributed by atoms with Gasteiger partial charge in [-0.2, -0.15) is 0 Å². The van der Waals surface area contributed by atoms with Crippen LogP contribution in [0, 0.1) is 13.8 Å². The number of benzene rings is 1. The fourth-order valence-electron chi connectivity index (χ4n) is 1.79. The standard InChI is InChI=1S/C15H18N2O2/c1-11-5-3-4-6-14(11)17-15(18)10-16-9-13-8-7-12(2)19-13/h3-8,16H,9-10H2,1-2H3,(H,17,18). The molecule has 0 fully saturated rings. The molecule has 1 aromatic heterocycles. The predicted octanol–water partition coefficient (Wildman–Crippen LogP) is 2.62. The first kappa shape index (κ1) is 13.4. The molecule has 1 aromatic carbocycles. The van der Waals surface area contributed by atoms with Gasteiger partial charge in [-0.25, -0.2) is 0 Å². The van der Waals surface area contributed by atoms with Gasteiger partial charge in [0.15, 0.2) is 0 Å². The van der Waals surface area contributed by atoms with Gasteiger partial charge in [-0.15, -0.1) is 0 Å². The average Bonchev–Trinajstić information content (AvgIpc) is 2.78. The van der Waals surface area contributed by atoms with E-state index >= 15 is 0 Å². The topological polar surface area (TPSA) is 54.3 Å². The number of hydrogen-bond donors (Lipinski definition) is 2. The van der Waals surface area contributed by atoms with Crippen molar-refractivity contribution >= 4 is 11.6 Å². The molecule has 1 amide bonds. The third kappa shape index (κ3) is 3.96. The fraction of sp³-hybridized carbons (Fsp3) is 0.267. The van der Waals surface area contributed by atoms with E-state index in [0.29, 0.717) is 6.54 Å². The van der Waals surface area contributed by atoms with E-state index in [1.54, 1.807) is 0 Å². The van der Waals surface area contributed by atoms with E-state index in [1.807, 2.05) is 50.2 Å². The Morgan fingerprint density at radius 1 is 1.16 bits per heavy atom. The Hall–Kier alpha value is -2.07. The van der Waals surface area contributed by atoms with Crippen LogP contribution >= 0.6 is 0 Å². The quantitative estimate of drug-likeness (QED) is 0.866. The van der Waals surface area contributed by atoms with Crippen LogP contribution in [0.4, 0.5) is 5.69 Å². The summed E-state index contributed by atoms with van der Waals surface area (Å²) in [5.41, 5.74) is 1.90. The maximum Gasteiger partial charge on any atom is 0.238 e. The average molecular weight is 258 g/mol. The van der Waals surface area contributed by atoms with E-state index in [2.05, 4.69) is 10.6 Å². The number of carbonyl (C=O) groups is 1. The van der Waals surface area contributed by atoms with Crippen molar-refractivity contribution in [2.45, 2.75) is 20.4 Å². The molecule has 0 saturated carbocycles. The van der Waals surface area contributed by atoms with Crippen LogP contribution in [0.3, 0.4) is 0 Å². The van der Waals surface area contributed by atoms with Gasteiger partial charge < -0.3 is 15.1 Å². The molecule has 0 bridgehead atoms. The van der Waals surface area contributed by atoms with Gasteiger partial charge in [0.05, 0.1) is 13.1 Å². The highest BCUT2D eigenvalue weighted by molar-refractivity contribution is 5.92. The van der Waals surface area contributed by atoms with Crippen molar-refractivity contribution < 1.29 is 9.21 Å². The summed E-state index contributed by atoms with van der Waals surface area (Å²) in [6.07, 6.45) is 0. The minimum atomic E-state index is -0.0578. The molecule has 0 atom stereocenters. The van der Waals surface area contributed by atoms with E-state index < -0.39 is 0 Å². The lowest BCUT2D eigenvalue weighted by molar-refractivity contribution is -0.115. The lowest BCUT2D eigenvalue weighted by atomic mass is 10.2. The highest BCUT2D eigenvalue weighted by Gasteiger charge is 2.04. The van der Waals surface area contributed by atoms with Crippen molar-refractivity contribution in [1.29, 1.82) is 0 Å². The van der Waals surface area contributed by atoms with Crippen LogP contribution in [0.15, 0.2) is 40.8 Å². The number of hydrogen-bond acceptors (Lipinski definition) is 3. The van der Waals surface area contributed by atoms with Crippen molar-refractivity contribution in [1.82, 2.24) is 5.32 Å². The predicted molar refractivity (Wildman–Crippen MR) is 75.0 cm³/mol. The van der Waals surface area contributed by atoms with Crippen molar-refractivity contribution in [3.05, 3.63) is 53.5 Å². The molecule has 1 heterocycles. The molecule has 0 aliphatic rings. The van der Waals surface area contributed by atoms with Gasteiger partial charge in [0.1, 0.15) is 11.5 Å². The Morgan fingerprint density at radius 2 is 1.95 bits per heavy atom. The SMILES string of the molecule is Cc1ccc(CNCC(=O)Nc2ccccc2C)o1. The second kappa shape index (κ2) is 6.20. The Morgan fingerprint density at radius 3 is 2.63 bits per heavy atom. The molecule has 4 nitrogen and oxygen atoms in total. The molecule has 4 heteroatoms. The van der Waals surface area contributed by atoms with E-state index in [4.69, 9.17) is 4.42 Å². The Kier molecular flexibility index (Phi) is 4.36. The lowest BCUT2D eigenvalue weighted by Crippen LogP contribution is -2.27. The van der Waals surface area contributed by atoms with Gasteiger partial charge in [-0.1, -0.05) is 18.2 Å². The molecule has 0 radical (unpaired) electrons. The van der Waals surface area contributed by atoms with Gasteiger partial charge in [0.25, 0.3) is 0 Å². The molecule has 0 aliphatic carbocycles. The number of nitrogens with one attached hydrogen (secondary N) is 2. The van der Waals surface area contributed by atoms with Gasteiger partial charge in [0, 0.05) is 5.69 Å². The van der Waals surface area contributed by atoms with E-state index in [9.17, 15) is 4.79 Å². The van der Waals surface area contributed by atoms with E-state index in [-0.39, 0.29) is 12.5 Å². The molecule has 2 aromatic rings. The normalized spacial score (nSPS) is 10.4. The molecular weight excluding hydrogens is 240 g/mol. The zero-order valence-electron chi connectivity index (χ0n) is 11.2. The maximum atomic E-state index is 11.8. The molecule has 2 rings (SSSR count). The maximum absolute atomic E-state index is 11.8. The summed E-state index contributed by atoms with van der Waals surface area (Å²) in [7, 11) is 0. The monoisotopic (exact) mass is 258 g/mol. The minimum Gasteiger partial charge on any atom is -0.465 e. The van der Waals surface area contributed by atoms with Crippen LogP contribution < -0.4 is 10.6 Å². The van der Waals surface area contributed by atoms with Gasteiger partial charge in [-0.05, 0) is 37.6 Å². The zero-order chi connectivity index (χ0) is 13.7. The number of para-hydroxylation sites is 1. The van der Waals surface area contributed by atoms with Gasteiger partial charge in [0.2, 0.25) is 5.91 Å². The third-order valence-corrected chi connectivity index (χ3v) is 2.80. The number of rotatable bonds is 5. The number of carbonyl (C=O) groups excluding carboxylic acids is 1. The summed E-state index contributed by atoms with van der Waals surface area (Å²) >= 11 is 0. The van der Waals surface area contributed by atoms with Crippen molar-refractivity contribution in [3.63, 3.8) is 0 Å². The molecular formula is C15H18N2O2. The second-order valence-electron chi connectivity index (χ2n) is 4.48. The minimum absolute atomic E-state index is 0.0578. The summed E-state index contributed by atoms with van der Waals surface area (Å²) in [6, 6.07) is 11.5. The molecule has 19 heavy (non-hydrogen) atoms. The van der Waals surface area contributed by atoms with Gasteiger partial charge >= 0.3 is 0 Å². The van der Waals surface area contributed by atoms with Crippen molar-refractivity contribution in [3.8, 4) is 0 Å².